The van der Waals surface area contributed by atoms with Crippen LogP contribution in [0.25, 0.3) is 10.6 Å². The minimum atomic E-state index is -3.74. The smallest absolute Gasteiger partial charge is 0.409 e. The van der Waals surface area contributed by atoms with Gasteiger partial charge >= 0.3 is 13.7 Å². The van der Waals surface area contributed by atoms with E-state index in [1.54, 1.807) is 23.6 Å². The van der Waals surface area contributed by atoms with Gasteiger partial charge in [0, 0.05) is 45.3 Å². The number of thiazole rings is 1. The van der Waals surface area contributed by atoms with Crippen LogP contribution in [0.1, 0.15) is 63.9 Å². The third-order valence-electron chi connectivity index (χ3n) is 7.27. The number of unbranched alkanes of at least 4 members (excludes halogenated alkanes) is 2. The molecule has 1 saturated heterocycles. The van der Waals surface area contributed by atoms with Crippen molar-refractivity contribution in [2.45, 2.75) is 59.4 Å². The van der Waals surface area contributed by atoms with E-state index in [4.69, 9.17) is 18.8 Å². The normalized spacial score (nSPS) is 14.2. The number of anilines is 1. The van der Waals surface area contributed by atoms with Crippen molar-refractivity contribution in [1.82, 2.24) is 20.1 Å². The van der Waals surface area contributed by atoms with Gasteiger partial charge in [-0.2, -0.15) is 0 Å². The second-order valence-corrected chi connectivity index (χ2v) is 13.8. The van der Waals surface area contributed by atoms with E-state index in [0.717, 1.165) is 37.8 Å². The molecule has 12 nitrogen and oxygen atoms in total. The molecule has 0 aliphatic carbocycles. The van der Waals surface area contributed by atoms with E-state index in [2.05, 4.69) is 12.2 Å². The van der Waals surface area contributed by atoms with Crippen LogP contribution in [0.4, 0.5) is 9.80 Å². The van der Waals surface area contributed by atoms with Crippen LogP contribution in [0, 0.1) is 0 Å². The van der Waals surface area contributed by atoms with Crippen molar-refractivity contribution in [2.75, 3.05) is 70.7 Å². The van der Waals surface area contributed by atoms with Gasteiger partial charge in [-0.25, -0.2) is 9.78 Å². The molecule has 0 bridgehead atoms. The molecule has 1 aliphatic heterocycles. The van der Waals surface area contributed by atoms with Crippen molar-refractivity contribution < 1.29 is 32.7 Å². The van der Waals surface area contributed by atoms with Gasteiger partial charge in [-0.3, -0.25) is 14.2 Å². The van der Waals surface area contributed by atoms with E-state index in [1.165, 1.54) is 11.3 Å². The number of rotatable bonds is 17. The van der Waals surface area contributed by atoms with Crippen LogP contribution in [-0.4, -0.2) is 104 Å². The second-order valence-electron chi connectivity index (χ2n) is 10.7. The summed E-state index contributed by atoms with van der Waals surface area (Å²) in [4.78, 5) is 50.2. The molecule has 1 fully saturated rings. The zero-order chi connectivity index (χ0) is 32.8. The van der Waals surface area contributed by atoms with Crippen LogP contribution < -0.4 is 10.2 Å². The summed E-state index contributed by atoms with van der Waals surface area (Å²) in [5, 5.41) is 4.20. The van der Waals surface area contributed by atoms with Crippen LogP contribution in [0.2, 0.25) is 0 Å². The molecule has 2 heterocycles. The van der Waals surface area contributed by atoms with Crippen molar-refractivity contribution in [3.8, 4) is 10.6 Å². The summed E-state index contributed by atoms with van der Waals surface area (Å²) >= 11 is 1.41. The quantitative estimate of drug-likeness (QED) is 0.172. The molecule has 14 heteroatoms. The van der Waals surface area contributed by atoms with Crippen LogP contribution in [-0.2, 0) is 23.1 Å². The Morgan fingerprint density at radius 3 is 2.20 bits per heavy atom. The first-order valence-corrected chi connectivity index (χ1v) is 18.4. The number of carbonyl (C=O) groups excluding carboxylic acids is 3. The standard InChI is InChI=1S/C31H48N5O7PS/c1-6-10-17-34(5)30-26(33-28(45-30)24-15-13-12-14-16-24)27(37)32-25(23-44(40,42-8-3)43-9-4)29(38)35-18-20-36(21-19-35)31(39)41-22-11-7-2/h12-16,25H,6-11,17-23H2,1-5H3,(H,32,37)/t25-/m0/s1. The fraction of sp³-hybridized carbons (Fsp3) is 0.613. The van der Waals surface area contributed by atoms with Gasteiger partial charge in [0.05, 0.1) is 26.0 Å². The molecule has 1 aromatic heterocycles. The van der Waals surface area contributed by atoms with Gasteiger partial charge in [-0.05, 0) is 26.7 Å². The molecule has 0 spiro atoms. The van der Waals surface area contributed by atoms with E-state index in [9.17, 15) is 18.9 Å². The van der Waals surface area contributed by atoms with E-state index in [0.29, 0.717) is 16.6 Å². The van der Waals surface area contributed by atoms with Gasteiger partial charge in [0.15, 0.2) is 5.69 Å². The Morgan fingerprint density at radius 1 is 0.978 bits per heavy atom. The van der Waals surface area contributed by atoms with Gasteiger partial charge in [0.2, 0.25) is 5.91 Å². The van der Waals surface area contributed by atoms with Crippen LogP contribution in [0.15, 0.2) is 30.3 Å². The highest BCUT2D eigenvalue weighted by atomic mass is 32.1. The molecule has 0 radical (unpaired) electrons. The highest BCUT2D eigenvalue weighted by molar-refractivity contribution is 7.54. The average molecular weight is 666 g/mol. The first-order valence-electron chi connectivity index (χ1n) is 15.8. The summed E-state index contributed by atoms with van der Waals surface area (Å²) < 4.78 is 30.0. The highest BCUT2D eigenvalue weighted by Gasteiger charge is 2.38. The number of aromatic nitrogens is 1. The number of hydrogen-bond acceptors (Lipinski definition) is 10. The topological polar surface area (TPSA) is 131 Å². The Morgan fingerprint density at radius 2 is 1.60 bits per heavy atom. The van der Waals surface area contributed by atoms with Gasteiger partial charge in [0.1, 0.15) is 16.1 Å². The Bertz CT molecular complexity index is 1280. The number of piperazine rings is 1. The molecule has 0 saturated carbocycles. The van der Waals surface area contributed by atoms with Crippen LogP contribution >= 0.6 is 18.9 Å². The first-order chi connectivity index (χ1) is 21.7. The largest absolute Gasteiger partial charge is 0.449 e. The molecular formula is C31H48N5O7PS. The van der Waals surface area contributed by atoms with E-state index >= 15 is 0 Å². The zero-order valence-electron chi connectivity index (χ0n) is 27.2. The van der Waals surface area contributed by atoms with Crippen molar-refractivity contribution in [3.05, 3.63) is 36.0 Å². The van der Waals surface area contributed by atoms with Gasteiger partial charge < -0.3 is 33.8 Å². The van der Waals surface area contributed by atoms with Crippen molar-refractivity contribution in [1.29, 1.82) is 0 Å². The molecular weight excluding hydrogens is 617 g/mol. The molecule has 1 aromatic carbocycles. The maximum Gasteiger partial charge on any atom is 0.409 e. The SMILES string of the molecule is CCCCOC(=O)N1CCN(C(=O)[C@H](CP(=O)(OCC)OCC)NC(=O)c2nc(-c3ccccc3)sc2N(C)CCCC)CC1. The highest BCUT2D eigenvalue weighted by Crippen LogP contribution is 2.48. The lowest BCUT2D eigenvalue weighted by Gasteiger charge is -2.36. The minimum Gasteiger partial charge on any atom is -0.449 e. The van der Waals surface area contributed by atoms with Gasteiger partial charge in [-0.15, -0.1) is 0 Å². The third kappa shape index (κ3) is 10.5. The Balaban J connectivity index is 1.87. The number of nitrogens with one attached hydrogen (secondary N) is 1. The molecule has 3 rings (SSSR count). The molecule has 1 N–H and O–H groups in total. The number of hydrogen-bond donors (Lipinski definition) is 1. The van der Waals surface area contributed by atoms with Gasteiger partial charge in [-0.1, -0.05) is 68.4 Å². The van der Waals surface area contributed by atoms with Crippen molar-refractivity contribution in [2.24, 2.45) is 0 Å². The first kappa shape index (κ1) is 36.5. The molecule has 3 amide bonds. The lowest BCUT2D eigenvalue weighted by atomic mass is 10.2. The summed E-state index contributed by atoms with van der Waals surface area (Å²) in [7, 11) is -1.82. The third-order valence-corrected chi connectivity index (χ3v) is 10.6. The predicted octanol–water partition coefficient (Wildman–Crippen LogP) is 5.49. The van der Waals surface area contributed by atoms with E-state index in [-0.39, 0.29) is 51.2 Å². The number of amides is 3. The fourth-order valence-corrected chi connectivity index (χ4v) is 7.64. The number of benzene rings is 1. The molecule has 1 aliphatic rings. The summed E-state index contributed by atoms with van der Waals surface area (Å²) in [5.41, 5.74) is 1.07. The van der Waals surface area contributed by atoms with Crippen LogP contribution in [0.5, 0.6) is 0 Å². The second kappa shape index (κ2) is 18.2. The Kier molecular flexibility index (Phi) is 14.8. The number of ether oxygens (including phenoxy) is 1. The Hall–Kier alpha value is -2.99. The Labute approximate surface area is 270 Å². The maximum absolute atomic E-state index is 13.9. The van der Waals surface area contributed by atoms with E-state index < -0.39 is 31.5 Å². The number of nitrogens with zero attached hydrogens (tertiary/aromatic N) is 4. The van der Waals surface area contributed by atoms with Crippen LogP contribution in [0.3, 0.4) is 0 Å². The summed E-state index contributed by atoms with van der Waals surface area (Å²) in [5.74, 6) is -0.982. The average Bonchev–Trinajstić information content (AvgIpc) is 3.50. The summed E-state index contributed by atoms with van der Waals surface area (Å²) in [6, 6.07) is 8.40. The summed E-state index contributed by atoms with van der Waals surface area (Å²) in [6.45, 7) is 9.86. The van der Waals surface area contributed by atoms with Crippen molar-refractivity contribution >= 4 is 41.8 Å². The monoisotopic (exact) mass is 665 g/mol. The molecule has 1 atom stereocenters. The van der Waals surface area contributed by atoms with E-state index in [1.807, 2.05) is 49.2 Å². The maximum atomic E-state index is 13.9. The number of carbonyl (C=O) groups is 3. The minimum absolute atomic E-state index is 0.115. The predicted molar refractivity (Wildman–Crippen MR) is 177 cm³/mol. The van der Waals surface area contributed by atoms with Crippen molar-refractivity contribution in [3.63, 3.8) is 0 Å². The lowest BCUT2D eigenvalue weighted by molar-refractivity contribution is -0.134. The summed E-state index contributed by atoms with van der Waals surface area (Å²) in [6.07, 6.45) is 2.88. The molecule has 250 valence electrons. The zero-order valence-corrected chi connectivity index (χ0v) is 28.9. The molecule has 0 unspecified atom stereocenters. The molecule has 2 aromatic rings. The fourth-order valence-electron chi connectivity index (χ4n) is 4.82. The molecule has 45 heavy (non-hydrogen) atoms. The lowest BCUT2D eigenvalue weighted by Crippen LogP contribution is -2.57. The van der Waals surface area contributed by atoms with Gasteiger partial charge in [0.25, 0.3) is 5.91 Å².